The third kappa shape index (κ3) is 10.3. The maximum absolute atomic E-state index is 13.3. The molecule has 0 aliphatic heterocycles. The molecule has 8 rings (SSSR count). The molecular formula is C44H38N12O3S. The van der Waals surface area contributed by atoms with Gasteiger partial charge < -0.3 is 31.9 Å². The maximum atomic E-state index is 13.3. The lowest BCUT2D eigenvalue weighted by molar-refractivity contribution is 0.484. The first-order valence-corrected chi connectivity index (χ1v) is 20.2. The van der Waals surface area contributed by atoms with Crippen LogP contribution in [0, 0.1) is 0 Å². The second-order valence-electron chi connectivity index (χ2n) is 13.4. The monoisotopic (exact) mass is 814 g/mol. The fourth-order valence-electron chi connectivity index (χ4n) is 6.17. The lowest BCUT2D eigenvalue weighted by Crippen LogP contribution is -2.47. The van der Waals surface area contributed by atoms with E-state index >= 15 is 0 Å². The van der Waals surface area contributed by atoms with Gasteiger partial charge in [-0.05, 0) is 65.7 Å². The van der Waals surface area contributed by atoms with Crippen molar-refractivity contribution in [1.29, 1.82) is 0 Å². The zero-order valence-corrected chi connectivity index (χ0v) is 32.6. The van der Waals surface area contributed by atoms with Crippen molar-refractivity contribution in [2.24, 2.45) is 0 Å². The Labute approximate surface area is 346 Å². The average molecular weight is 815 g/mol. The quantitative estimate of drug-likeness (QED) is 0.0381. The molecule has 0 amide bonds. The highest BCUT2D eigenvalue weighted by Crippen LogP contribution is 2.35. The second-order valence-corrected chi connectivity index (χ2v) is 14.8. The van der Waals surface area contributed by atoms with E-state index in [0.717, 1.165) is 28.3 Å². The summed E-state index contributed by atoms with van der Waals surface area (Å²) in [7, 11) is -4.79. The van der Waals surface area contributed by atoms with Crippen molar-refractivity contribution < 1.29 is 13.0 Å². The van der Waals surface area contributed by atoms with Gasteiger partial charge in [0.15, 0.2) is 0 Å². The number of anilines is 10. The van der Waals surface area contributed by atoms with Crippen molar-refractivity contribution >= 4 is 74.6 Å². The van der Waals surface area contributed by atoms with E-state index in [1.165, 1.54) is 0 Å². The molecule has 2 heterocycles. The van der Waals surface area contributed by atoms with Crippen LogP contribution in [-0.4, -0.2) is 48.5 Å². The summed E-state index contributed by atoms with van der Waals surface area (Å²) in [4.78, 5) is 27.8. The number of aromatic nitrogens is 6. The highest BCUT2D eigenvalue weighted by molar-refractivity contribution is 7.89. The van der Waals surface area contributed by atoms with Crippen LogP contribution < -0.4 is 31.9 Å². The Kier molecular flexibility index (Phi) is 11.5. The van der Waals surface area contributed by atoms with Crippen LogP contribution >= 0.6 is 0 Å². The van der Waals surface area contributed by atoms with E-state index in [-0.39, 0.29) is 52.6 Å². The Balaban J connectivity index is 1.23. The van der Waals surface area contributed by atoms with Crippen molar-refractivity contribution in [1.82, 2.24) is 29.9 Å². The minimum Gasteiger partial charge on any atom is -0.328 e. The second kappa shape index (κ2) is 17.7. The van der Waals surface area contributed by atoms with Crippen LogP contribution in [0.5, 0.6) is 0 Å². The molecule has 15 nitrogen and oxygen atoms in total. The standard InChI is InChI=1S/C44H38N12O3S/c57-60(58,59)37-30-44(29-28-32(37)27-26-31-16-6-1-7-17-31,55-42-51-38(45-33-18-8-2-9-19-33)49-39(52-42)46-34-20-10-3-11-21-34)56-43-53-40(47-35-22-12-4-13-23-35)50-41(54-43)48-36-24-14-5-15-25-36/h1-29H,30H2,(H,57,58,59)(H3,45,46,49,51,52,55)(H3,47,48,50,53,54,56). The molecule has 0 atom stereocenters. The molecule has 0 spiro atoms. The van der Waals surface area contributed by atoms with E-state index in [4.69, 9.17) is 19.9 Å². The number of rotatable bonds is 15. The highest BCUT2D eigenvalue weighted by Gasteiger charge is 2.38. The number of benzene rings is 5. The molecular weight excluding hydrogens is 777 g/mol. The van der Waals surface area contributed by atoms with Gasteiger partial charge in [-0.25, -0.2) is 0 Å². The number of para-hydroxylation sites is 4. The normalized spacial score (nSPS) is 13.4. The molecule has 7 aromatic rings. The Morgan fingerprint density at radius 1 is 0.467 bits per heavy atom. The van der Waals surface area contributed by atoms with Crippen LogP contribution in [0.3, 0.4) is 0 Å². The topological polar surface area (TPSA) is 204 Å². The molecule has 5 aromatic carbocycles. The molecule has 7 N–H and O–H groups in total. The first-order chi connectivity index (χ1) is 29.2. The summed E-state index contributed by atoms with van der Waals surface area (Å²) in [5.74, 6) is 0.828. The van der Waals surface area contributed by atoms with Crippen LogP contribution in [0.2, 0.25) is 0 Å². The molecule has 1 aliphatic carbocycles. The van der Waals surface area contributed by atoms with Gasteiger partial charge >= 0.3 is 0 Å². The third-order valence-corrected chi connectivity index (χ3v) is 9.94. The Morgan fingerprint density at radius 2 is 0.800 bits per heavy atom. The number of nitrogens with zero attached hydrogens (tertiary/aromatic N) is 6. The van der Waals surface area contributed by atoms with E-state index < -0.39 is 15.8 Å². The predicted molar refractivity (Wildman–Crippen MR) is 236 cm³/mol. The molecule has 60 heavy (non-hydrogen) atoms. The maximum Gasteiger partial charge on any atom is 0.291 e. The molecule has 0 saturated heterocycles. The highest BCUT2D eigenvalue weighted by atomic mass is 32.2. The molecule has 0 fully saturated rings. The van der Waals surface area contributed by atoms with Crippen LogP contribution in [0.25, 0.3) is 6.08 Å². The average Bonchev–Trinajstić information content (AvgIpc) is 3.24. The summed E-state index contributed by atoms with van der Waals surface area (Å²) >= 11 is 0. The molecule has 0 unspecified atom stereocenters. The lowest BCUT2D eigenvalue weighted by atomic mass is 9.95. The molecule has 298 valence electrons. The van der Waals surface area contributed by atoms with Crippen molar-refractivity contribution in [2.75, 3.05) is 31.9 Å². The summed E-state index contributed by atoms with van der Waals surface area (Å²) in [5.41, 5.74) is 2.41. The minimum absolute atomic E-state index is 0.0382. The van der Waals surface area contributed by atoms with Crippen molar-refractivity contribution in [3.8, 4) is 0 Å². The SMILES string of the molecule is O=S(=O)(O)C1=C(C=Cc2ccccc2)C=CC(Nc2nc(Nc3ccccc3)nc(Nc3ccccc3)n2)(Nc2nc(Nc3ccccc3)nc(Nc3ccccc3)n2)C1. The zero-order valence-electron chi connectivity index (χ0n) is 31.8. The van der Waals surface area contributed by atoms with Crippen molar-refractivity contribution in [3.05, 3.63) is 186 Å². The van der Waals surface area contributed by atoms with E-state index in [1.54, 1.807) is 24.3 Å². The fourth-order valence-corrected chi connectivity index (χ4v) is 7.01. The van der Waals surface area contributed by atoms with E-state index in [0.29, 0.717) is 0 Å². The van der Waals surface area contributed by atoms with E-state index in [2.05, 4.69) is 41.9 Å². The third-order valence-electron chi connectivity index (χ3n) is 8.94. The Bertz CT molecular complexity index is 2510. The van der Waals surface area contributed by atoms with Gasteiger partial charge in [0.25, 0.3) is 10.1 Å². The van der Waals surface area contributed by atoms with Gasteiger partial charge in [0, 0.05) is 29.2 Å². The van der Waals surface area contributed by atoms with Gasteiger partial charge in [0.1, 0.15) is 5.66 Å². The summed E-state index contributed by atoms with van der Waals surface area (Å²) in [6, 6.07) is 46.9. The fraction of sp³-hybridized carbons (Fsp3) is 0.0455. The molecule has 0 bridgehead atoms. The Hall–Kier alpha value is -7.95. The summed E-state index contributed by atoms with van der Waals surface area (Å²) in [5, 5.41) is 19.5. The number of hydrogen-bond donors (Lipinski definition) is 7. The van der Waals surface area contributed by atoms with Gasteiger partial charge in [-0.3, -0.25) is 4.55 Å². The summed E-state index contributed by atoms with van der Waals surface area (Å²) in [6.45, 7) is 0. The predicted octanol–water partition coefficient (Wildman–Crippen LogP) is 9.07. The largest absolute Gasteiger partial charge is 0.328 e. The molecule has 0 radical (unpaired) electrons. The molecule has 1 aliphatic rings. The van der Waals surface area contributed by atoms with Crippen molar-refractivity contribution in [2.45, 2.75) is 12.1 Å². The zero-order chi connectivity index (χ0) is 41.2. The molecule has 2 aromatic heterocycles. The smallest absolute Gasteiger partial charge is 0.291 e. The number of allylic oxidation sites excluding steroid dienone is 3. The van der Waals surface area contributed by atoms with Crippen molar-refractivity contribution in [3.63, 3.8) is 0 Å². The Morgan fingerprint density at radius 3 is 1.15 bits per heavy atom. The van der Waals surface area contributed by atoms with Gasteiger partial charge in [-0.1, -0.05) is 121 Å². The minimum atomic E-state index is -4.79. The van der Waals surface area contributed by atoms with Gasteiger partial charge in [-0.15, -0.1) is 0 Å². The van der Waals surface area contributed by atoms with Crippen LogP contribution in [-0.2, 0) is 10.1 Å². The van der Waals surface area contributed by atoms with Gasteiger partial charge in [0.05, 0.1) is 4.91 Å². The molecule has 16 heteroatoms. The summed E-state index contributed by atoms with van der Waals surface area (Å²) < 4.78 is 37.3. The molecule has 0 saturated carbocycles. The van der Waals surface area contributed by atoms with E-state index in [9.17, 15) is 13.0 Å². The summed E-state index contributed by atoms with van der Waals surface area (Å²) in [6.07, 6.45) is 6.36. The van der Waals surface area contributed by atoms with Gasteiger partial charge in [-0.2, -0.15) is 38.3 Å². The lowest BCUT2D eigenvalue weighted by Gasteiger charge is -2.36. The van der Waals surface area contributed by atoms with Crippen LogP contribution in [0.15, 0.2) is 180 Å². The van der Waals surface area contributed by atoms with Crippen LogP contribution in [0.4, 0.5) is 58.4 Å². The first-order valence-electron chi connectivity index (χ1n) is 18.7. The van der Waals surface area contributed by atoms with Gasteiger partial charge in [0.2, 0.25) is 35.7 Å². The first kappa shape index (κ1) is 38.9. The number of hydrogen-bond acceptors (Lipinski definition) is 14. The van der Waals surface area contributed by atoms with Crippen LogP contribution in [0.1, 0.15) is 12.0 Å². The number of nitrogens with one attached hydrogen (secondary N) is 6. The van der Waals surface area contributed by atoms with E-state index in [1.807, 2.05) is 152 Å².